The molecule has 1 aliphatic rings. The number of rotatable bonds is 6. The lowest BCUT2D eigenvalue weighted by Gasteiger charge is -2.16. The second kappa shape index (κ2) is 8.73. The van der Waals surface area contributed by atoms with E-state index in [2.05, 4.69) is 5.32 Å². The molecule has 1 heterocycles. The summed E-state index contributed by atoms with van der Waals surface area (Å²) in [6, 6.07) is 14.1. The monoisotopic (exact) mass is 384 g/mol. The summed E-state index contributed by atoms with van der Waals surface area (Å²) < 4.78 is 5.09. The molecule has 3 rings (SSSR count). The Hall–Kier alpha value is -2.80. The minimum Gasteiger partial charge on any atom is -0.452 e. The van der Waals surface area contributed by atoms with Crippen LogP contribution < -0.4 is 10.2 Å². The second-order valence-corrected chi connectivity index (χ2v) is 6.93. The standard InChI is InChI=1S/C20H20N2O4S/c1-27-17-9-7-15(8-10-17)21-18(23)13-26-20(25)14-4-2-5-16(12-14)22-11-3-6-19(22)24/h2,4-5,7-10,12H,3,6,11,13H2,1H3,(H,21,23). The van der Waals surface area contributed by atoms with E-state index >= 15 is 0 Å². The van der Waals surface area contributed by atoms with Crippen molar-refractivity contribution in [1.29, 1.82) is 0 Å². The second-order valence-electron chi connectivity index (χ2n) is 6.05. The van der Waals surface area contributed by atoms with E-state index in [0.717, 1.165) is 11.3 Å². The lowest BCUT2D eigenvalue weighted by Crippen LogP contribution is -2.24. The number of carbonyl (C=O) groups excluding carboxylic acids is 3. The van der Waals surface area contributed by atoms with Gasteiger partial charge in [0.2, 0.25) is 5.91 Å². The van der Waals surface area contributed by atoms with Crippen molar-refractivity contribution < 1.29 is 19.1 Å². The summed E-state index contributed by atoms with van der Waals surface area (Å²) in [4.78, 5) is 38.8. The molecule has 0 unspecified atom stereocenters. The van der Waals surface area contributed by atoms with Crippen LogP contribution >= 0.6 is 11.8 Å². The first kappa shape index (κ1) is 19.0. The number of carbonyl (C=O) groups is 3. The van der Waals surface area contributed by atoms with Crippen molar-refractivity contribution in [3.63, 3.8) is 0 Å². The van der Waals surface area contributed by atoms with Crippen LogP contribution in [0.15, 0.2) is 53.4 Å². The molecule has 0 aromatic heterocycles. The quantitative estimate of drug-likeness (QED) is 0.611. The first-order valence-electron chi connectivity index (χ1n) is 8.58. The van der Waals surface area contributed by atoms with Crippen molar-refractivity contribution in [2.75, 3.05) is 29.6 Å². The number of esters is 1. The lowest BCUT2D eigenvalue weighted by molar-refractivity contribution is -0.119. The van der Waals surface area contributed by atoms with Crippen LogP contribution in [-0.2, 0) is 14.3 Å². The highest BCUT2D eigenvalue weighted by atomic mass is 32.2. The van der Waals surface area contributed by atoms with Crippen molar-refractivity contribution in [1.82, 2.24) is 0 Å². The molecule has 0 atom stereocenters. The average molecular weight is 384 g/mol. The van der Waals surface area contributed by atoms with E-state index in [1.54, 1.807) is 53.1 Å². The van der Waals surface area contributed by atoms with Crippen LogP contribution in [0.2, 0.25) is 0 Å². The summed E-state index contributed by atoms with van der Waals surface area (Å²) in [5.74, 6) is -0.963. The number of benzene rings is 2. The van der Waals surface area contributed by atoms with Gasteiger partial charge in [-0.3, -0.25) is 9.59 Å². The average Bonchev–Trinajstić information content (AvgIpc) is 3.13. The maximum Gasteiger partial charge on any atom is 0.338 e. The Morgan fingerprint density at radius 1 is 1.19 bits per heavy atom. The first-order valence-corrected chi connectivity index (χ1v) is 9.81. The summed E-state index contributed by atoms with van der Waals surface area (Å²) in [6.45, 7) is 0.269. The fourth-order valence-electron chi connectivity index (χ4n) is 2.81. The van der Waals surface area contributed by atoms with Gasteiger partial charge in [0.05, 0.1) is 5.56 Å². The van der Waals surface area contributed by atoms with Gasteiger partial charge in [0, 0.05) is 29.2 Å². The van der Waals surface area contributed by atoms with Crippen molar-refractivity contribution in [2.24, 2.45) is 0 Å². The van der Waals surface area contributed by atoms with Gasteiger partial charge in [-0.2, -0.15) is 0 Å². The summed E-state index contributed by atoms with van der Waals surface area (Å²) in [7, 11) is 0. The van der Waals surface area contributed by atoms with Crippen LogP contribution in [0.4, 0.5) is 11.4 Å². The van der Waals surface area contributed by atoms with Crippen LogP contribution in [0.3, 0.4) is 0 Å². The molecule has 2 aromatic carbocycles. The summed E-state index contributed by atoms with van der Waals surface area (Å²) in [5, 5.41) is 2.68. The zero-order valence-electron chi connectivity index (χ0n) is 14.9. The van der Waals surface area contributed by atoms with Crippen LogP contribution in [0.25, 0.3) is 0 Å². The third kappa shape index (κ3) is 4.89. The van der Waals surface area contributed by atoms with Crippen molar-refractivity contribution in [3.8, 4) is 0 Å². The third-order valence-electron chi connectivity index (χ3n) is 4.18. The number of amides is 2. The van der Waals surface area contributed by atoms with Crippen LogP contribution in [0, 0.1) is 0 Å². The largest absolute Gasteiger partial charge is 0.452 e. The SMILES string of the molecule is CSc1ccc(NC(=O)COC(=O)c2cccc(N3CCCC3=O)c2)cc1. The molecule has 140 valence electrons. The van der Waals surface area contributed by atoms with E-state index < -0.39 is 11.9 Å². The van der Waals surface area contributed by atoms with E-state index in [1.165, 1.54) is 0 Å². The number of anilines is 2. The Morgan fingerprint density at radius 2 is 1.96 bits per heavy atom. The Bertz CT molecular complexity index is 851. The van der Waals surface area contributed by atoms with E-state index in [1.807, 2.05) is 18.4 Å². The minimum absolute atomic E-state index is 0.0485. The van der Waals surface area contributed by atoms with Gasteiger partial charge in [-0.25, -0.2) is 4.79 Å². The fourth-order valence-corrected chi connectivity index (χ4v) is 3.22. The molecule has 0 bridgehead atoms. The maximum atomic E-state index is 12.2. The normalized spacial score (nSPS) is 13.5. The van der Waals surface area contributed by atoms with Crippen LogP contribution in [-0.4, -0.2) is 37.2 Å². The van der Waals surface area contributed by atoms with Gasteiger partial charge < -0.3 is 15.0 Å². The Labute approximate surface area is 161 Å². The predicted molar refractivity (Wildman–Crippen MR) is 105 cm³/mol. The van der Waals surface area contributed by atoms with Gasteiger partial charge >= 0.3 is 5.97 Å². The summed E-state index contributed by atoms with van der Waals surface area (Å²) >= 11 is 1.61. The Kier molecular flexibility index (Phi) is 6.13. The summed E-state index contributed by atoms with van der Waals surface area (Å²) in [5.41, 5.74) is 1.62. The molecule has 2 amide bonds. The molecule has 6 nitrogen and oxygen atoms in total. The molecule has 0 aliphatic carbocycles. The van der Waals surface area contributed by atoms with Crippen molar-refractivity contribution in [2.45, 2.75) is 17.7 Å². The Balaban J connectivity index is 1.55. The minimum atomic E-state index is -0.601. The van der Waals surface area contributed by atoms with Crippen molar-refractivity contribution in [3.05, 3.63) is 54.1 Å². The number of hydrogen-bond acceptors (Lipinski definition) is 5. The molecular formula is C20H20N2O4S. The van der Waals surface area contributed by atoms with Crippen molar-refractivity contribution >= 4 is 40.9 Å². The van der Waals surface area contributed by atoms with E-state index in [4.69, 9.17) is 4.74 Å². The number of nitrogens with zero attached hydrogens (tertiary/aromatic N) is 1. The molecule has 27 heavy (non-hydrogen) atoms. The number of hydrogen-bond donors (Lipinski definition) is 1. The highest BCUT2D eigenvalue weighted by Crippen LogP contribution is 2.22. The predicted octanol–water partition coefficient (Wildman–Crippen LogP) is 3.33. The van der Waals surface area contributed by atoms with E-state index in [0.29, 0.717) is 29.9 Å². The molecule has 0 saturated carbocycles. The highest BCUT2D eigenvalue weighted by molar-refractivity contribution is 7.98. The van der Waals surface area contributed by atoms with Crippen LogP contribution in [0.5, 0.6) is 0 Å². The number of nitrogens with one attached hydrogen (secondary N) is 1. The molecule has 2 aromatic rings. The topological polar surface area (TPSA) is 75.7 Å². The number of thioether (sulfide) groups is 1. The molecule has 1 aliphatic heterocycles. The zero-order valence-corrected chi connectivity index (χ0v) is 15.8. The molecule has 1 saturated heterocycles. The van der Waals surface area contributed by atoms with Gasteiger partial charge in [0.15, 0.2) is 6.61 Å². The highest BCUT2D eigenvalue weighted by Gasteiger charge is 2.22. The molecular weight excluding hydrogens is 364 g/mol. The van der Waals surface area contributed by atoms with Gasteiger partial charge in [-0.05, 0) is 55.1 Å². The lowest BCUT2D eigenvalue weighted by atomic mass is 10.2. The fraction of sp³-hybridized carbons (Fsp3) is 0.250. The first-order chi connectivity index (χ1) is 13.1. The van der Waals surface area contributed by atoms with Gasteiger partial charge in [0.1, 0.15) is 0 Å². The Morgan fingerprint density at radius 3 is 2.63 bits per heavy atom. The van der Waals surface area contributed by atoms with Gasteiger partial charge in [-0.1, -0.05) is 6.07 Å². The number of ether oxygens (including phenoxy) is 1. The van der Waals surface area contributed by atoms with Gasteiger partial charge in [0.25, 0.3) is 5.91 Å². The molecule has 0 spiro atoms. The molecule has 1 N–H and O–H groups in total. The third-order valence-corrected chi connectivity index (χ3v) is 4.92. The van der Waals surface area contributed by atoms with E-state index in [-0.39, 0.29) is 12.5 Å². The summed E-state index contributed by atoms with van der Waals surface area (Å²) in [6.07, 6.45) is 3.31. The van der Waals surface area contributed by atoms with E-state index in [9.17, 15) is 14.4 Å². The maximum absolute atomic E-state index is 12.2. The zero-order chi connectivity index (χ0) is 19.2. The molecule has 7 heteroatoms. The van der Waals surface area contributed by atoms with Crippen LogP contribution in [0.1, 0.15) is 23.2 Å². The molecule has 1 fully saturated rings. The smallest absolute Gasteiger partial charge is 0.338 e. The van der Waals surface area contributed by atoms with Gasteiger partial charge in [-0.15, -0.1) is 11.8 Å². The molecule has 0 radical (unpaired) electrons.